The van der Waals surface area contributed by atoms with Crippen LogP contribution in [0.15, 0.2) is 0 Å². The van der Waals surface area contributed by atoms with Gasteiger partial charge in [-0.3, -0.25) is 4.79 Å². The van der Waals surface area contributed by atoms with Crippen molar-refractivity contribution < 1.29 is 18.7 Å². The van der Waals surface area contributed by atoms with Crippen LogP contribution in [0.5, 0.6) is 0 Å². The van der Waals surface area contributed by atoms with Crippen molar-refractivity contribution in [3.05, 3.63) is 0 Å². The van der Waals surface area contributed by atoms with Crippen LogP contribution in [0.4, 0.5) is 8.78 Å². The number of unbranched alkanes of at least 4 members (excludes halogenated alkanes) is 1. The third kappa shape index (κ3) is 13.0. The Morgan fingerprint density at radius 2 is 1.41 bits per heavy atom. The zero-order valence-electron chi connectivity index (χ0n) is 14.2. The van der Waals surface area contributed by atoms with Crippen molar-refractivity contribution in [2.45, 2.75) is 84.0 Å². The molecule has 0 aliphatic carbocycles. The van der Waals surface area contributed by atoms with Gasteiger partial charge in [0.05, 0.1) is 0 Å². The van der Waals surface area contributed by atoms with Crippen LogP contribution in [0, 0.1) is 0 Å². The molecule has 0 saturated carbocycles. The Hall–Kier alpha value is -0.710. The molecular formula is C17H33F2NO2. The summed E-state index contributed by atoms with van der Waals surface area (Å²) in [6.45, 7) is 5.93. The van der Waals surface area contributed by atoms with Gasteiger partial charge in [0.1, 0.15) is 12.3 Å². The molecule has 0 aromatic rings. The topological polar surface area (TPSA) is 40.5 Å². The van der Waals surface area contributed by atoms with E-state index in [1.54, 1.807) is 0 Å². The second kappa shape index (κ2) is 13.9. The molecule has 2 atom stereocenters. The van der Waals surface area contributed by atoms with Gasteiger partial charge in [0.25, 0.3) is 0 Å². The number of aliphatic carboxylic acids is 1. The lowest BCUT2D eigenvalue weighted by atomic mass is 10.1. The highest BCUT2D eigenvalue weighted by molar-refractivity contribution is 5.66. The SMILES string of the molecule is CCCC(F)CCN(CCCCC(=O)O)CCC(F)CCC. The molecule has 0 heterocycles. The van der Waals surface area contributed by atoms with E-state index in [9.17, 15) is 13.6 Å². The molecule has 0 aliphatic rings. The number of carboxylic acid groups (broad SMARTS) is 1. The highest BCUT2D eigenvalue weighted by atomic mass is 19.1. The molecule has 0 aromatic carbocycles. The first-order valence-electron chi connectivity index (χ1n) is 8.71. The fourth-order valence-electron chi connectivity index (χ4n) is 2.51. The van der Waals surface area contributed by atoms with Gasteiger partial charge in [0, 0.05) is 19.5 Å². The summed E-state index contributed by atoms with van der Waals surface area (Å²) in [5.41, 5.74) is 0. The highest BCUT2D eigenvalue weighted by Crippen LogP contribution is 2.12. The van der Waals surface area contributed by atoms with E-state index in [1.807, 2.05) is 13.8 Å². The van der Waals surface area contributed by atoms with Crippen molar-refractivity contribution in [1.29, 1.82) is 0 Å². The fourth-order valence-corrected chi connectivity index (χ4v) is 2.51. The largest absolute Gasteiger partial charge is 0.481 e. The Labute approximate surface area is 134 Å². The number of carbonyl (C=O) groups is 1. The van der Waals surface area contributed by atoms with Crippen LogP contribution >= 0.6 is 0 Å². The third-order valence-corrected chi connectivity index (χ3v) is 3.84. The summed E-state index contributed by atoms with van der Waals surface area (Å²) in [4.78, 5) is 12.6. The maximum absolute atomic E-state index is 13.6. The summed E-state index contributed by atoms with van der Waals surface area (Å²) in [7, 11) is 0. The minimum Gasteiger partial charge on any atom is -0.481 e. The van der Waals surface area contributed by atoms with E-state index in [2.05, 4.69) is 4.90 Å². The van der Waals surface area contributed by atoms with Gasteiger partial charge in [-0.1, -0.05) is 26.7 Å². The Morgan fingerprint density at radius 1 is 0.909 bits per heavy atom. The summed E-state index contributed by atoms with van der Waals surface area (Å²) in [6, 6.07) is 0. The molecule has 5 heteroatoms. The molecule has 0 radical (unpaired) electrons. The van der Waals surface area contributed by atoms with Gasteiger partial charge in [0.15, 0.2) is 0 Å². The van der Waals surface area contributed by atoms with Gasteiger partial charge in [-0.15, -0.1) is 0 Å². The maximum atomic E-state index is 13.6. The van der Waals surface area contributed by atoms with Crippen LogP contribution in [0.25, 0.3) is 0 Å². The Balaban J connectivity index is 4.09. The number of carboxylic acids is 1. The lowest BCUT2D eigenvalue weighted by molar-refractivity contribution is -0.137. The zero-order chi connectivity index (χ0) is 16.8. The van der Waals surface area contributed by atoms with E-state index in [-0.39, 0.29) is 6.42 Å². The molecule has 0 saturated heterocycles. The predicted octanol–water partition coefficient (Wildman–Crippen LogP) is 4.60. The molecule has 2 unspecified atom stereocenters. The second-order valence-corrected chi connectivity index (χ2v) is 6.04. The highest BCUT2D eigenvalue weighted by Gasteiger charge is 2.13. The lowest BCUT2D eigenvalue weighted by Gasteiger charge is -2.24. The molecular weight excluding hydrogens is 288 g/mol. The minimum absolute atomic E-state index is 0.164. The standard InChI is InChI=1S/C17H33F2NO2/c1-3-7-15(18)10-13-20(12-6-5-9-17(21)22)14-11-16(19)8-4-2/h15-16H,3-14H2,1-2H3,(H,21,22). The van der Waals surface area contributed by atoms with Crippen molar-refractivity contribution in [3.63, 3.8) is 0 Å². The van der Waals surface area contributed by atoms with Crippen molar-refractivity contribution in [2.24, 2.45) is 0 Å². The Kier molecular flexibility index (Phi) is 13.5. The molecule has 0 aliphatic heterocycles. The number of halogens is 2. The minimum atomic E-state index is -0.789. The second-order valence-electron chi connectivity index (χ2n) is 6.04. The van der Waals surface area contributed by atoms with Crippen molar-refractivity contribution >= 4 is 5.97 Å². The number of hydrogen-bond acceptors (Lipinski definition) is 2. The van der Waals surface area contributed by atoms with Crippen molar-refractivity contribution in [2.75, 3.05) is 19.6 Å². The molecule has 132 valence electrons. The van der Waals surface area contributed by atoms with Crippen LogP contribution in [0.1, 0.15) is 71.6 Å². The number of alkyl halides is 2. The molecule has 0 rings (SSSR count). The smallest absolute Gasteiger partial charge is 0.303 e. The Morgan fingerprint density at radius 3 is 1.82 bits per heavy atom. The average molecular weight is 321 g/mol. The van der Waals surface area contributed by atoms with Crippen LogP contribution in [-0.2, 0) is 4.79 Å². The van der Waals surface area contributed by atoms with E-state index in [1.165, 1.54) is 0 Å². The molecule has 3 nitrogen and oxygen atoms in total. The van der Waals surface area contributed by atoms with Gasteiger partial charge < -0.3 is 10.0 Å². The van der Waals surface area contributed by atoms with E-state index in [4.69, 9.17) is 5.11 Å². The molecule has 0 aromatic heterocycles. The van der Waals surface area contributed by atoms with Gasteiger partial charge >= 0.3 is 5.97 Å². The van der Waals surface area contributed by atoms with E-state index < -0.39 is 18.3 Å². The van der Waals surface area contributed by atoms with Crippen molar-refractivity contribution in [1.82, 2.24) is 4.90 Å². The number of rotatable bonds is 15. The van der Waals surface area contributed by atoms with Crippen molar-refractivity contribution in [3.8, 4) is 0 Å². The monoisotopic (exact) mass is 321 g/mol. The van der Waals surface area contributed by atoms with Gasteiger partial charge in [0.2, 0.25) is 0 Å². The average Bonchev–Trinajstić information content (AvgIpc) is 2.45. The first-order chi connectivity index (χ1) is 10.5. The maximum Gasteiger partial charge on any atom is 0.303 e. The summed E-state index contributed by atoms with van der Waals surface area (Å²) >= 11 is 0. The van der Waals surface area contributed by atoms with E-state index >= 15 is 0 Å². The quantitative estimate of drug-likeness (QED) is 0.448. The Bertz CT molecular complexity index is 261. The first-order valence-corrected chi connectivity index (χ1v) is 8.71. The first kappa shape index (κ1) is 21.3. The van der Waals surface area contributed by atoms with Crippen LogP contribution in [0.3, 0.4) is 0 Å². The number of hydrogen-bond donors (Lipinski definition) is 1. The molecule has 22 heavy (non-hydrogen) atoms. The summed E-state index contributed by atoms with van der Waals surface area (Å²) in [5, 5.41) is 8.64. The molecule has 0 amide bonds. The molecule has 1 N–H and O–H groups in total. The molecule has 0 fully saturated rings. The molecule has 0 spiro atoms. The fraction of sp³-hybridized carbons (Fsp3) is 0.941. The normalized spacial score (nSPS) is 14.2. The van der Waals surface area contributed by atoms with E-state index in [0.717, 1.165) is 25.8 Å². The predicted molar refractivity (Wildman–Crippen MR) is 86.8 cm³/mol. The zero-order valence-corrected chi connectivity index (χ0v) is 14.2. The van der Waals surface area contributed by atoms with Crippen LogP contribution < -0.4 is 0 Å². The lowest BCUT2D eigenvalue weighted by Crippen LogP contribution is -2.30. The van der Waals surface area contributed by atoms with Crippen LogP contribution in [0.2, 0.25) is 0 Å². The molecule has 0 bridgehead atoms. The van der Waals surface area contributed by atoms with Gasteiger partial charge in [-0.05, 0) is 45.1 Å². The van der Waals surface area contributed by atoms with Gasteiger partial charge in [-0.2, -0.15) is 0 Å². The summed E-state index contributed by atoms with van der Waals surface area (Å²) in [5.74, 6) is -0.787. The van der Waals surface area contributed by atoms with Crippen LogP contribution in [-0.4, -0.2) is 48.0 Å². The number of nitrogens with zero attached hydrogens (tertiary/aromatic N) is 1. The third-order valence-electron chi connectivity index (χ3n) is 3.84. The summed E-state index contributed by atoms with van der Waals surface area (Å²) in [6.07, 6.45) is 3.77. The van der Waals surface area contributed by atoms with E-state index in [0.29, 0.717) is 45.2 Å². The van der Waals surface area contributed by atoms with Gasteiger partial charge in [-0.25, -0.2) is 8.78 Å². The summed E-state index contributed by atoms with van der Waals surface area (Å²) < 4.78 is 27.2.